The summed E-state index contributed by atoms with van der Waals surface area (Å²) >= 11 is 0. The number of hydrogen-bond acceptors (Lipinski definition) is 0. The second kappa shape index (κ2) is 16.4. The number of fused-ring (bicyclic) bond motifs is 13. The number of hydrogen-bond donors (Lipinski definition) is 0. The van der Waals surface area contributed by atoms with Gasteiger partial charge in [0.25, 0.3) is 13.4 Å². The minimum atomic E-state index is -0.202. The van der Waals surface area contributed by atoms with Crippen molar-refractivity contribution in [2.75, 3.05) is 0 Å². The van der Waals surface area contributed by atoms with E-state index in [1.165, 1.54) is 220 Å². The zero-order valence-corrected chi connectivity index (χ0v) is 48.5. The van der Waals surface area contributed by atoms with Crippen LogP contribution in [0.3, 0.4) is 0 Å². The van der Waals surface area contributed by atoms with Crippen LogP contribution in [-0.2, 0) is 5.41 Å². The van der Waals surface area contributed by atoms with E-state index in [2.05, 4.69) is 119 Å². The molecular formula is C76H77B2N3. The third kappa shape index (κ3) is 6.05. The molecule has 7 heterocycles. The zero-order valence-electron chi connectivity index (χ0n) is 48.5. The Morgan fingerprint density at radius 1 is 0.309 bits per heavy atom. The molecular weight excluding hydrogens is 976 g/mol. The van der Waals surface area contributed by atoms with Crippen molar-refractivity contribution in [3.8, 4) is 17.1 Å². The van der Waals surface area contributed by atoms with Gasteiger partial charge in [0.1, 0.15) is 0 Å². The van der Waals surface area contributed by atoms with E-state index in [-0.39, 0.29) is 18.8 Å². The predicted molar refractivity (Wildman–Crippen MR) is 345 cm³/mol. The van der Waals surface area contributed by atoms with Gasteiger partial charge in [0.15, 0.2) is 0 Å². The monoisotopic (exact) mass is 1050 g/mol. The van der Waals surface area contributed by atoms with E-state index in [4.69, 9.17) is 0 Å². The summed E-state index contributed by atoms with van der Waals surface area (Å²) in [5.74, 6) is 3.83. The number of rotatable bonds is 6. The second-order valence-corrected chi connectivity index (χ2v) is 29.8. The van der Waals surface area contributed by atoms with Crippen molar-refractivity contribution in [3.05, 3.63) is 124 Å². The molecule has 0 N–H and O–H groups in total. The summed E-state index contributed by atoms with van der Waals surface area (Å²) in [6.07, 6.45) is 32.1. The molecule has 402 valence electrons. The summed E-state index contributed by atoms with van der Waals surface area (Å²) in [6.45, 7) is 8.08. The lowest BCUT2D eigenvalue weighted by atomic mass is 9.29. The van der Waals surface area contributed by atoms with E-state index >= 15 is 0 Å². The average molecular weight is 1050 g/mol. The molecule has 81 heavy (non-hydrogen) atoms. The molecule has 0 atom stereocenters. The molecule has 0 unspecified atom stereocenters. The Bertz CT molecular complexity index is 4180. The van der Waals surface area contributed by atoms with E-state index in [0.29, 0.717) is 35.5 Å². The molecule has 0 bridgehead atoms. The number of benzene rings is 7. The van der Waals surface area contributed by atoms with Crippen molar-refractivity contribution in [1.29, 1.82) is 0 Å². The fraction of sp³-hybridized carbons (Fsp3) is 0.447. The molecule has 10 aliphatic rings. The van der Waals surface area contributed by atoms with E-state index in [0.717, 1.165) is 0 Å². The molecule has 0 amide bonds. The van der Waals surface area contributed by atoms with Gasteiger partial charge in [-0.05, 0) is 233 Å². The first kappa shape index (κ1) is 46.5. The fourth-order valence-corrected chi connectivity index (χ4v) is 21.1. The maximum absolute atomic E-state index is 2.99. The van der Waals surface area contributed by atoms with E-state index in [1.807, 2.05) is 0 Å². The lowest BCUT2D eigenvalue weighted by molar-refractivity contribution is 0.585. The summed E-state index contributed by atoms with van der Waals surface area (Å²) in [5, 5.41) is 9.15. The van der Waals surface area contributed by atoms with Crippen LogP contribution in [0, 0.1) is 0 Å². The zero-order chi connectivity index (χ0) is 52.9. The van der Waals surface area contributed by atoms with Crippen molar-refractivity contribution in [2.24, 2.45) is 0 Å². The molecule has 5 heteroatoms. The first-order valence-corrected chi connectivity index (χ1v) is 33.5. The Morgan fingerprint density at radius 3 is 0.889 bits per heavy atom. The quantitative estimate of drug-likeness (QED) is 0.147. The second-order valence-electron chi connectivity index (χ2n) is 29.8. The van der Waals surface area contributed by atoms with Crippen LogP contribution >= 0.6 is 0 Å². The molecule has 0 spiro atoms. The SMILES string of the molecule is CC(C)(C)c1c2c3c4c5c1-n1c6ccc(C7CCCC7)cc6c6cc(C7CCCC7)cc(c61)B5c1cc(C5CCCC5)cc5c6cc(C7CCCC7)cc(c6n-4c15)B3c1cc(C3CCCC3)cc3c4cc(C5CCCC5)ccc4n-2c13. The lowest BCUT2D eigenvalue weighted by Crippen LogP contribution is -2.67. The van der Waals surface area contributed by atoms with Crippen molar-refractivity contribution in [3.63, 3.8) is 0 Å². The average Bonchev–Trinajstić information content (AvgIpc) is 2.95. The fourth-order valence-electron chi connectivity index (χ4n) is 21.1. The molecule has 4 aliphatic heterocycles. The topological polar surface area (TPSA) is 14.8 Å². The van der Waals surface area contributed by atoms with Gasteiger partial charge in [0.05, 0.1) is 11.0 Å². The maximum Gasteiger partial charge on any atom is 0.252 e. The van der Waals surface area contributed by atoms with Gasteiger partial charge in [-0.1, -0.05) is 134 Å². The minimum absolute atomic E-state index is 0.134. The smallest absolute Gasteiger partial charge is 0.252 e. The molecule has 6 saturated carbocycles. The highest BCUT2D eigenvalue weighted by Crippen LogP contribution is 2.52. The summed E-state index contributed by atoms with van der Waals surface area (Å²) in [4.78, 5) is 0. The highest BCUT2D eigenvalue weighted by Gasteiger charge is 2.52. The first-order chi connectivity index (χ1) is 39.8. The Labute approximate surface area is 479 Å². The summed E-state index contributed by atoms with van der Waals surface area (Å²) < 4.78 is 8.87. The Balaban J connectivity index is 1.02. The van der Waals surface area contributed by atoms with Crippen LogP contribution in [0.15, 0.2) is 84.9 Å². The number of aromatic nitrogens is 3. The van der Waals surface area contributed by atoms with E-state index in [1.54, 1.807) is 88.2 Å². The largest absolute Gasteiger partial charge is 0.311 e. The normalized spacial score (nSPS) is 21.0. The summed E-state index contributed by atoms with van der Waals surface area (Å²) in [5.41, 5.74) is 34.1. The van der Waals surface area contributed by atoms with Crippen LogP contribution in [0.2, 0.25) is 0 Å². The van der Waals surface area contributed by atoms with Crippen molar-refractivity contribution in [2.45, 2.75) is 216 Å². The van der Waals surface area contributed by atoms with Crippen LogP contribution in [0.25, 0.3) is 82.5 Å². The van der Waals surface area contributed by atoms with Crippen LogP contribution in [0.5, 0.6) is 0 Å². The standard InChI is InChI=1S/C76H77B2N3/c1-76(2,3)66-73-67-75-68-74(66)80-65-31-29-49(43-18-6-7-19-43)33-55(65)57-35-51(45-22-10-11-23-45)39-61(70(57)80)78(68)63-41-53(47-26-14-15-27-47)37-59-58-36-52(46-24-12-13-25-46)40-62(71(58)81(75)72(59)63)77(67)60-38-50(44-20-8-9-21-44)34-56-54-32-48(42-16-4-5-17-42)28-30-64(54)79(73)69(56)60/h28-47H,4-27H2,1-3H3. The van der Waals surface area contributed by atoms with Crippen LogP contribution in [-0.4, -0.2) is 27.1 Å². The first-order valence-electron chi connectivity index (χ1n) is 33.5. The number of nitrogens with zero attached hydrogens (tertiary/aromatic N) is 3. The van der Waals surface area contributed by atoms with Gasteiger partial charge in [-0.15, -0.1) is 0 Å². The molecule has 10 aromatic rings. The Kier molecular flexibility index (Phi) is 9.45. The molecule has 20 rings (SSSR count). The van der Waals surface area contributed by atoms with Gasteiger partial charge >= 0.3 is 0 Å². The maximum atomic E-state index is 2.99. The Hall–Kier alpha value is -5.93. The molecule has 0 saturated heterocycles. The molecule has 7 aromatic carbocycles. The molecule has 6 aliphatic carbocycles. The van der Waals surface area contributed by atoms with Gasteiger partial charge in [-0.2, -0.15) is 0 Å². The third-order valence-electron chi connectivity index (χ3n) is 24.6. The van der Waals surface area contributed by atoms with Crippen LogP contribution < -0.4 is 32.8 Å². The highest BCUT2D eigenvalue weighted by atomic mass is 15.1. The highest BCUT2D eigenvalue weighted by molar-refractivity contribution is 7.04. The van der Waals surface area contributed by atoms with E-state index < -0.39 is 0 Å². The molecule has 0 radical (unpaired) electrons. The molecule has 3 aromatic heterocycles. The predicted octanol–water partition coefficient (Wildman–Crippen LogP) is 16.5. The van der Waals surface area contributed by atoms with Crippen molar-refractivity contribution < 1.29 is 0 Å². The molecule has 3 nitrogen and oxygen atoms in total. The van der Waals surface area contributed by atoms with Crippen LogP contribution in [0.4, 0.5) is 0 Å². The van der Waals surface area contributed by atoms with Crippen LogP contribution in [0.1, 0.15) is 249 Å². The minimum Gasteiger partial charge on any atom is -0.311 e. The van der Waals surface area contributed by atoms with Crippen molar-refractivity contribution in [1.82, 2.24) is 13.7 Å². The molecule has 6 fully saturated rings. The third-order valence-corrected chi connectivity index (χ3v) is 24.6. The van der Waals surface area contributed by atoms with Gasteiger partial charge in [0.2, 0.25) is 0 Å². The lowest BCUT2D eigenvalue weighted by Gasteiger charge is -2.45. The summed E-state index contributed by atoms with van der Waals surface area (Å²) in [6, 6.07) is 38.4. The summed E-state index contributed by atoms with van der Waals surface area (Å²) in [7, 11) is 0. The van der Waals surface area contributed by atoms with Crippen molar-refractivity contribution >= 4 is 112 Å². The van der Waals surface area contributed by atoms with Gasteiger partial charge in [0, 0.05) is 77.0 Å². The van der Waals surface area contributed by atoms with Gasteiger partial charge in [-0.3, -0.25) is 0 Å². The Morgan fingerprint density at radius 2 is 0.580 bits per heavy atom. The van der Waals surface area contributed by atoms with Gasteiger partial charge in [-0.25, -0.2) is 0 Å². The van der Waals surface area contributed by atoms with Gasteiger partial charge < -0.3 is 13.7 Å². The van der Waals surface area contributed by atoms with E-state index in [9.17, 15) is 0 Å².